The summed E-state index contributed by atoms with van der Waals surface area (Å²) < 4.78 is 2.65. The van der Waals surface area contributed by atoms with E-state index in [-0.39, 0.29) is 0 Å². The van der Waals surface area contributed by atoms with Gasteiger partial charge in [-0.1, -0.05) is 30.3 Å². The summed E-state index contributed by atoms with van der Waals surface area (Å²) in [5.74, 6) is 0.874. The van der Waals surface area contributed by atoms with Crippen LogP contribution in [0.15, 0.2) is 41.1 Å². The minimum Gasteiger partial charge on any atom is -0.310 e. The molecule has 0 saturated carbocycles. The molecule has 0 fully saturated rings. The van der Waals surface area contributed by atoms with E-state index in [1.54, 1.807) is 6.20 Å². The molecular formula is C12H9BrN4. The summed E-state index contributed by atoms with van der Waals surface area (Å²) in [5.41, 5.74) is 2.50. The maximum Gasteiger partial charge on any atom is 0.199 e. The van der Waals surface area contributed by atoms with Crippen molar-refractivity contribution in [3.63, 3.8) is 0 Å². The van der Waals surface area contributed by atoms with Crippen molar-refractivity contribution in [2.45, 2.75) is 0 Å². The maximum atomic E-state index is 4.50. The summed E-state index contributed by atoms with van der Waals surface area (Å²) >= 11 is 3.30. The first-order chi connectivity index (χ1) is 8.25. The minimum atomic E-state index is 0.653. The average molecular weight is 289 g/mol. The lowest BCUT2D eigenvalue weighted by Gasteiger charge is -2.00. The van der Waals surface area contributed by atoms with Crippen molar-refractivity contribution >= 4 is 27.2 Å². The van der Waals surface area contributed by atoms with Crippen LogP contribution in [0.3, 0.4) is 0 Å². The number of aromatic nitrogens is 4. The summed E-state index contributed by atoms with van der Waals surface area (Å²) in [4.78, 5) is 13.1. The van der Waals surface area contributed by atoms with Crippen LogP contribution >= 0.6 is 15.9 Å². The van der Waals surface area contributed by atoms with Crippen LogP contribution in [0.4, 0.5) is 0 Å². The van der Waals surface area contributed by atoms with Crippen LogP contribution in [0.2, 0.25) is 0 Å². The Morgan fingerprint density at radius 2 is 1.88 bits per heavy atom. The molecule has 0 aliphatic rings. The molecule has 2 heterocycles. The van der Waals surface area contributed by atoms with E-state index < -0.39 is 0 Å². The van der Waals surface area contributed by atoms with Crippen molar-refractivity contribution in [2.24, 2.45) is 7.05 Å². The molecule has 0 radical (unpaired) electrons. The molecule has 2 aromatic heterocycles. The molecule has 0 aliphatic heterocycles. The standard InChI is InChI=1S/C12H9BrN4/c1-17-11(8-5-3-2-4-6-8)16-10-12(17)14-7-9(13)15-10/h2-7H,1H3. The first-order valence-electron chi connectivity index (χ1n) is 5.16. The highest BCUT2D eigenvalue weighted by atomic mass is 79.9. The van der Waals surface area contributed by atoms with Crippen LogP contribution in [0.5, 0.6) is 0 Å². The Morgan fingerprint density at radius 1 is 1.12 bits per heavy atom. The summed E-state index contributed by atoms with van der Waals surface area (Å²) in [5, 5.41) is 0. The fraction of sp³-hybridized carbons (Fsp3) is 0.0833. The van der Waals surface area contributed by atoms with E-state index in [1.165, 1.54) is 0 Å². The third-order valence-corrected chi connectivity index (χ3v) is 2.97. The predicted octanol–water partition coefficient (Wildman–Crippen LogP) is 2.79. The van der Waals surface area contributed by atoms with Gasteiger partial charge in [0.15, 0.2) is 11.3 Å². The summed E-state index contributed by atoms with van der Waals surface area (Å²) in [6, 6.07) is 10.0. The first kappa shape index (κ1) is 10.4. The van der Waals surface area contributed by atoms with E-state index in [9.17, 15) is 0 Å². The van der Waals surface area contributed by atoms with E-state index >= 15 is 0 Å². The van der Waals surface area contributed by atoms with Gasteiger partial charge in [0.05, 0.1) is 6.20 Å². The Balaban J connectivity index is 2.28. The van der Waals surface area contributed by atoms with Gasteiger partial charge in [0, 0.05) is 12.6 Å². The molecule has 0 N–H and O–H groups in total. The number of hydrogen-bond donors (Lipinski definition) is 0. The highest BCUT2D eigenvalue weighted by Gasteiger charge is 2.11. The van der Waals surface area contributed by atoms with Crippen LogP contribution in [-0.4, -0.2) is 19.5 Å². The summed E-state index contributed by atoms with van der Waals surface area (Å²) in [7, 11) is 1.94. The Hall–Kier alpha value is -1.75. The van der Waals surface area contributed by atoms with Crippen molar-refractivity contribution in [1.82, 2.24) is 19.5 Å². The molecule has 0 aliphatic carbocycles. The van der Waals surface area contributed by atoms with E-state index in [2.05, 4.69) is 30.9 Å². The van der Waals surface area contributed by atoms with Gasteiger partial charge in [0.25, 0.3) is 0 Å². The number of benzene rings is 1. The van der Waals surface area contributed by atoms with Crippen LogP contribution in [0.25, 0.3) is 22.7 Å². The van der Waals surface area contributed by atoms with E-state index in [0.717, 1.165) is 17.0 Å². The highest BCUT2D eigenvalue weighted by molar-refractivity contribution is 9.10. The lowest BCUT2D eigenvalue weighted by atomic mass is 10.2. The number of rotatable bonds is 1. The molecule has 5 heteroatoms. The second-order valence-electron chi connectivity index (χ2n) is 3.70. The van der Waals surface area contributed by atoms with Gasteiger partial charge in [-0.25, -0.2) is 15.0 Å². The Bertz CT molecular complexity index is 676. The van der Waals surface area contributed by atoms with Crippen molar-refractivity contribution in [3.8, 4) is 11.4 Å². The quantitative estimate of drug-likeness (QED) is 0.692. The molecule has 3 rings (SSSR count). The average Bonchev–Trinajstić information content (AvgIpc) is 2.67. The normalized spacial score (nSPS) is 10.9. The van der Waals surface area contributed by atoms with Gasteiger partial charge in [-0.05, 0) is 15.9 Å². The number of fused-ring (bicyclic) bond motifs is 1. The van der Waals surface area contributed by atoms with Gasteiger partial charge in [-0.2, -0.15) is 0 Å². The zero-order valence-electron chi connectivity index (χ0n) is 9.13. The van der Waals surface area contributed by atoms with E-state index in [0.29, 0.717) is 10.3 Å². The summed E-state index contributed by atoms with van der Waals surface area (Å²) in [6.45, 7) is 0. The Labute approximate surface area is 106 Å². The van der Waals surface area contributed by atoms with Gasteiger partial charge >= 0.3 is 0 Å². The minimum absolute atomic E-state index is 0.653. The molecule has 0 spiro atoms. The van der Waals surface area contributed by atoms with Gasteiger partial charge in [-0.3, -0.25) is 0 Å². The van der Waals surface area contributed by atoms with Gasteiger partial charge in [0.2, 0.25) is 0 Å². The zero-order valence-corrected chi connectivity index (χ0v) is 10.7. The van der Waals surface area contributed by atoms with E-state index in [4.69, 9.17) is 0 Å². The lowest BCUT2D eigenvalue weighted by molar-refractivity contribution is 0.941. The van der Waals surface area contributed by atoms with Gasteiger partial charge in [-0.15, -0.1) is 0 Å². The van der Waals surface area contributed by atoms with Crippen LogP contribution in [-0.2, 0) is 7.05 Å². The maximum absolute atomic E-state index is 4.50. The fourth-order valence-electron chi connectivity index (χ4n) is 1.78. The smallest absolute Gasteiger partial charge is 0.199 e. The first-order valence-corrected chi connectivity index (χ1v) is 5.95. The van der Waals surface area contributed by atoms with Crippen molar-refractivity contribution in [1.29, 1.82) is 0 Å². The second-order valence-corrected chi connectivity index (χ2v) is 4.51. The van der Waals surface area contributed by atoms with Crippen molar-refractivity contribution < 1.29 is 0 Å². The molecule has 0 saturated heterocycles. The molecule has 0 bridgehead atoms. The van der Waals surface area contributed by atoms with Gasteiger partial charge < -0.3 is 4.57 Å². The largest absolute Gasteiger partial charge is 0.310 e. The number of halogens is 1. The predicted molar refractivity (Wildman–Crippen MR) is 69.4 cm³/mol. The zero-order chi connectivity index (χ0) is 11.8. The third kappa shape index (κ3) is 1.72. The lowest BCUT2D eigenvalue weighted by Crippen LogP contribution is -1.93. The molecule has 1 aromatic carbocycles. The molecule has 17 heavy (non-hydrogen) atoms. The molecule has 0 amide bonds. The monoisotopic (exact) mass is 288 g/mol. The molecule has 3 aromatic rings. The summed E-state index contributed by atoms with van der Waals surface area (Å²) in [6.07, 6.45) is 1.68. The second kappa shape index (κ2) is 3.92. The fourth-order valence-corrected chi connectivity index (χ4v) is 2.06. The SMILES string of the molecule is Cn1c(-c2ccccc2)nc2nc(Br)cnc21. The molecule has 0 unspecified atom stereocenters. The van der Waals surface area contributed by atoms with Crippen molar-refractivity contribution in [2.75, 3.05) is 0 Å². The molecular weight excluding hydrogens is 280 g/mol. The number of hydrogen-bond acceptors (Lipinski definition) is 3. The van der Waals surface area contributed by atoms with Crippen LogP contribution in [0, 0.1) is 0 Å². The number of imidazole rings is 1. The van der Waals surface area contributed by atoms with Crippen LogP contribution in [0.1, 0.15) is 0 Å². The highest BCUT2D eigenvalue weighted by Crippen LogP contribution is 2.21. The Kier molecular flexibility index (Phi) is 2.40. The van der Waals surface area contributed by atoms with Crippen LogP contribution < -0.4 is 0 Å². The molecule has 84 valence electrons. The Morgan fingerprint density at radius 3 is 2.65 bits per heavy atom. The van der Waals surface area contributed by atoms with Gasteiger partial charge in [0.1, 0.15) is 10.4 Å². The topological polar surface area (TPSA) is 43.6 Å². The van der Waals surface area contributed by atoms with Crippen molar-refractivity contribution in [3.05, 3.63) is 41.1 Å². The number of nitrogens with zero attached hydrogens (tertiary/aromatic N) is 4. The molecule has 0 atom stereocenters. The third-order valence-electron chi connectivity index (χ3n) is 2.59. The number of aryl methyl sites for hydroxylation is 1. The van der Waals surface area contributed by atoms with E-state index in [1.807, 2.05) is 41.9 Å². The molecule has 4 nitrogen and oxygen atoms in total.